The van der Waals surface area contributed by atoms with Crippen LogP contribution in [0, 0.1) is 5.82 Å². The van der Waals surface area contributed by atoms with Gasteiger partial charge in [0.05, 0.1) is 11.0 Å². The van der Waals surface area contributed by atoms with E-state index in [1.807, 2.05) is 0 Å². The molecule has 0 aromatic heterocycles. The van der Waals surface area contributed by atoms with Crippen LogP contribution >= 0.6 is 15.9 Å². The minimum atomic E-state index is -0.345. The predicted octanol–water partition coefficient (Wildman–Crippen LogP) is 1.99. The second-order valence-electron chi connectivity index (χ2n) is 3.64. The van der Waals surface area contributed by atoms with E-state index in [0.29, 0.717) is 36.5 Å². The second kappa shape index (κ2) is 5.35. The maximum absolute atomic E-state index is 13.0. The van der Waals surface area contributed by atoms with Gasteiger partial charge in [-0.15, -0.1) is 0 Å². The first-order valence-corrected chi connectivity index (χ1v) is 6.07. The van der Waals surface area contributed by atoms with Crippen LogP contribution in [-0.2, 0) is 0 Å². The van der Waals surface area contributed by atoms with Gasteiger partial charge in [0.25, 0.3) is 0 Å². The van der Waals surface area contributed by atoms with Crippen LogP contribution in [-0.4, -0.2) is 37.2 Å². The van der Waals surface area contributed by atoms with Crippen LogP contribution in [0.3, 0.4) is 0 Å². The molecule has 17 heavy (non-hydrogen) atoms. The molecule has 0 saturated carbocycles. The molecular weight excluding hydrogens is 291 g/mol. The van der Waals surface area contributed by atoms with Crippen LogP contribution in [0.5, 0.6) is 5.75 Å². The van der Waals surface area contributed by atoms with E-state index in [4.69, 9.17) is 4.74 Å². The Morgan fingerprint density at radius 3 is 3.06 bits per heavy atom. The van der Waals surface area contributed by atoms with Crippen molar-refractivity contribution in [2.45, 2.75) is 0 Å². The van der Waals surface area contributed by atoms with Crippen molar-refractivity contribution in [3.8, 4) is 5.75 Å². The minimum absolute atomic E-state index is 0.0769. The first-order chi connectivity index (χ1) is 8.16. The Morgan fingerprint density at radius 1 is 1.53 bits per heavy atom. The fourth-order valence-electron chi connectivity index (χ4n) is 1.58. The summed E-state index contributed by atoms with van der Waals surface area (Å²) in [6, 6.07) is 4.18. The number of rotatable bonds is 4. The number of hydrogen-bond donors (Lipinski definition) is 1. The van der Waals surface area contributed by atoms with Crippen molar-refractivity contribution < 1.29 is 13.9 Å². The van der Waals surface area contributed by atoms with Crippen molar-refractivity contribution in [1.82, 2.24) is 10.2 Å². The van der Waals surface area contributed by atoms with Crippen LogP contribution < -0.4 is 10.1 Å². The largest absolute Gasteiger partial charge is 0.490 e. The average molecular weight is 303 g/mol. The Kier molecular flexibility index (Phi) is 3.83. The molecule has 0 spiro atoms. The summed E-state index contributed by atoms with van der Waals surface area (Å²) in [5.74, 6) is 0.103. The summed E-state index contributed by atoms with van der Waals surface area (Å²) in [4.78, 5) is 12.9. The molecule has 0 atom stereocenters. The van der Waals surface area contributed by atoms with E-state index in [2.05, 4.69) is 21.2 Å². The summed E-state index contributed by atoms with van der Waals surface area (Å²) in [7, 11) is 0. The molecule has 1 N–H and O–H groups in total. The molecule has 0 bridgehead atoms. The van der Waals surface area contributed by atoms with Gasteiger partial charge in [-0.05, 0) is 28.1 Å². The third-order valence-electron chi connectivity index (χ3n) is 2.46. The van der Waals surface area contributed by atoms with Crippen LogP contribution in [0.4, 0.5) is 9.18 Å². The van der Waals surface area contributed by atoms with Gasteiger partial charge in [0.1, 0.15) is 18.2 Å². The van der Waals surface area contributed by atoms with Crippen molar-refractivity contribution in [2.24, 2.45) is 0 Å². The number of amides is 2. The van der Waals surface area contributed by atoms with Crippen LogP contribution in [0.15, 0.2) is 22.7 Å². The van der Waals surface area contributed by atoms with E-state index < -0.39 is 0 Å². The quantitative estimate of drug-likeness (QED) is 0.924. The lowest BCUT2D eigenvalue weighted by Crippen LogP contribution is -2.31. The number of halogens is 2. The van der Waals surface area contributed by atoms with Gasteiger partial charge in [-0.3, -0.25) is 0 Å². The SMILES string of the molecule is O=C1NCCN1CCOc1cc(F)ccc1Br. The molecule has 1 aliphatic rings. The van der Waals surface area contributed by atoms with Crippen molar-refractivity contribution in [1.29, 1.82) is 0 Å². The van der Waals surface area contributed by atoms with E-state index in [1.165, 1.54) is 12.1 Å². The number of carbonyl (C=O) groups is 1. The highest BCUT2D eigenvalue weighted by Gasteiger charge is 2.18. The van der Waals surface area contributed by atoms with Gasteiger partial charge in [-0.25, -0.2) is 9.18 Å². The summed E-state index contributed by atoms with van der Waals surface area (Å²) in [6.45, 7) is 2.19. The smallest absolute Gasteiger partial charge is 0.317 e. The zero-order chi connectivity index (χ0) is 12.3. The number of ether oxygens (including phenoxy) is 1. The van der Waals surface area contributed by atoms with E-state index in [9.17, 15) is 9.18 Å². The number of nitrogens with one attached hydrogen (secondary N) is 1. The Labute approximate surface area is 107 Å². The molecule has 2 amide bonds. The Hall–Kier alpha value is -1.30. The Morgan fingerprint density at radius 2 is 2.35 bits per heavy atom. The molecule has 1 aromatic carbocycles. The standard InChI is InChI=1S/C11H12BrFN2O2/c12-9-2-1-8(13)7-10(9)17-6-5-15-4-3-14-11(15)16/h1-2,7H,3-6H2,(H,14,16). The lowest BCUT2D eigenvalue weighted by molar-refractivity contribution is 0.202. The van der Waals surface area contributed by atoms with Gasteiger partial charge < -0.3 is 15.0 Å². The normalized spacial score (nSPS) is 14.9. The molecule has 0 unspecified atom stereocenters. The van der Waals surface area contributed by atoms with Gasteiger partial charge in [0, 0.05) is 19.2 Å². The van der Waals surface area contributed by atoms with Crippen LogP contribution in [0.1, 0.15) is 0 Å². The third kappa shape index (κ3) is 3.09. The second-order valence-corrected chi connectivity index (χ2v) is 4.50. The summed E-state index contributed by atoms with van der Waals surface area (Å²) in [6.07, 6.45) is 0. The van der Waals surface area contributed by atoms with Crippen molar-refractivity contribution in [3.63, 3.8) is 0 Å². The molecule has 0 radical (unpaired) electrons. The van der Waals surface area contributed by atoms with Gasteiger partial charge in [0.2, 0.25) is 0 Å². The molecule has 1 aromatic rings. The number of benzene rings is 1. The number of nitrogens with zero attached hydrogens (tertiary/aromatic N) is 1. The summed E-state index contributed by atoms with van der Waals surface area (Å²) in [5.41, 5.74) is 0. The number of carbonyl (C=O) groups excluding carboxylic acids is 1. The molecule has 2 rings (SSSR count). The molecule has 92 valence electrons. The monoisotopic (exact) mass is 302 g/mol. The molecule has 1 aliphatic heterocycles. The van der Waals surface area contributed by atoms with Gasteiger partial charge in [-0.1, -0.05) is 0 Å². The lowest BCUT2D eigenvalue weighted by Gasteiger charge is -2.15. The maximum atomic E-state index is 13.0. The molecule has 6 heteroatoms. The highest BCUT2D eigenvalue weighted by Crippen LogP contribution is 2.25. The molecule has 1 fully saturated rings. The highest BCUT2D eigenvalue weighted by molar-refractivity contribution is 9.10. The van der Waals surface area contributed by atoms with Crippen LogP contribution in [0.2, 0.25) is 0 Å². The molecule has 1 saturated heterocycles. The highest BCUT2D eigenvalue weighted by atomic mass is 79.9. The minimum Gasteiger partial charge on any atom is -0.490 e. The fraction of sp³-hybridized carbons (Fsp3) is 0.364. The third-order valence-corrected chi connectivity index (χ3v) is 3.11. The van der Waals surface area contributed by atoms with Gasteiger partial charge in [0.15, 0.2) is 0 Å². The van der Waals surface area contributed by atoms with Gasteiger partial charge in [-0.2, -0.15) is 0 Å². The zero-order valence-corrected chi connectivity index (χ0v) is 10.7. The van der Waals surface area contributed by atoms with E-state index in [1.54, 1.807) is 11.0 Å². The van der Waals surface area contributed by atoms with E-state index in [-0.39, 0.29) is 11.8 Å². The fourth-order valence-corrected chi connectivity index (χ4v) is 1.94. The topological polar surface area (TPSA) is 41.6 Å². The molecule has 4 nitrogen and oxygen atoms in total. The van der Waals surface area contributed by atoms with Crippen molar-refractivity contribution >= 4 is 22.0 Å². The number of urea groups is 1. The molecule has 0 aliphatic carbocycles. The predicted molar refractivity (Wildman–Crippen MR) is 64.6 cm³/mol. The zero-order valence-electron chi connectivity index (χ0n) is 9.08. The maximum Gasteiger partial charge on any atom is 0.317 e. The van der Waals surface area contributed by atoms with E-state index in [0.717, 1.165) is 0 Å². The summed E-state index contributed by atoms with van der Waals surface area (Å²) < 4.78 is 19.1. The van der Waals surface area contributed by atoms with Crippen molar-refractivity contribution in [2.75, 3.05) is 26.2 Å². The first kappa shape index (κ1) is 12.2. The average Bonchev–Trinajstić information content (AvgIpc) is 2.70. The van der Waals surface area contributed by atoms with Gasteiger partial charge >= 0.3 is 6.03 Å². The molecule has 1 heterocycles. The summed E-state index contributed by atoms with van der Waals surface area (Å²) >= 11 is 3.27. The first-order valence-electron chi connectivity index (χ1n) is 5.27. The summed E-state index contributed by atoms with van der Waals surface area (Å²) in [5, 5.41) is 2.70. The van der Waals surface area contributed by atoms with E-state index >= 15 is 0 Å². The Bertz CT molecular complexity index is 428. The molecular formula is C11H12BrFN2O2. The van der Waals surface area contributed by atoms with Crippen molar-refractivity contribution in [3.05, 3.63) is 28.5 Å². The number of hydrogen-bond acceptors (Lipinski definition) is 2. The lowest BCUT2D eigenvalue weighted by atomic mass is 10.3. The van der Waals surface area contributed by atoms with Crippen LogP contribution in [0.25, 0.3) is 0 Å². The Balaban J connectivity index is 1.85.